The highest BCUT2D eigenvalue weighted by molar-refractivity contribution is 7.99. The second kappa shape index (κ2) is 7.52. The van der Waals surface area contributed by atoms with Gasteiger partial charge in [-0.1, -0.05) is 6.92 Å². The number of thioether (sulfide) groups is 1. The van der Waals surface area contributed by atoms with Crippen LogP contribution in [0.15, 0.2) is 0 Å². The SMILES string of the molecule is CNc1nc(NCC(C)SC)nc(N2CCCCC2)n1. The van der Waals surface area contributed by atoms with Crippen LogP contribution < -0.4 is 15.5 Å². The van der Waals surface area contributed by atoms with Crippen molar-refractivity contribution in [2.45, 2.75) is 31.4 Å². The molecule has 2 rings (SSSR count). The molecule has 7 heteroatoms. The Morgan fingerprint density at radius 2 is 1.85 bits per heavy atom. The molecule has 0 amide bonds. The third-order valence-corrected chi connectivity index (χ3v) is 4.41. The molecule has 0 radical (unpaired) electrons. The van der Waals surface area contributed by atoms with Gasteiger partial charge in [0, 0.05) is 31.9 Å². The maximum Gasteiger partial charge on any atom is 0.231 e. The molecule has 1 aromatic rings. The standard InChI is InChI=1S/C13H24N6S/c1-10(20-3)9-15-12-16-11(14-2)17-13(18-12)19-7-5-4-6-8-19/h10H,4-9H2,1-3H3,(H2,14,15,16,17,18). The maximum atomic E-state index is 4.55. The van der Waals surface area contributed by atoms with Gasteiger partial charge in [-0.25, -0.2) is 0 Å². The lowest BCUT2D eigenvalue weighted by molar-refractivity contribution is 0.568. The normalized spacial score (nSPS) is 16.9. The number of rotatable bonds is 6. The molecule has 1 unspecified atom stereocenters. The number of hydrogen-bond donors (Lipinski definition) is 2. The molecule has 0 spiro atoms. The van der Waals surface area contributed by atoms with Crippen LogP contribution in [0, 0.1) is 0 Å². The first-order chi connectivity index (χ1) is 9.72. The zero-order valence-electron chi connectivity index (χ0n) is 12.5. The molecule has 1 fully saturated rings. The van der Waals surface area contributed by atoms with Crippen molar-refractivity contribution < 1.29 is 0 Å². The predicted molar refractivity (Wildman–Crippen MR) is 86.9 cm³/mol. The van der Waals surface area contributed by atoms with Crippen molar-refractivity contribution in [2.75, 3.05) is 48.5 Å². The van der Waals surface area contributed by atoms with Gasteiger partial charge in [-0.3, -0.25) is 0 Å². The molecule has 112 valence electrons. The third-order valence-electron chi connectivity index (χ3n) is 3.44. The fourth-order valence-corrected chi connectivity index (χ4v) is 2.36. The first-order valence-corrected chi connectivity index (χ1v) is 8.47. The Morgan fingerprint density at radius 1 is 1.15 bits per heavy atom. The third kappa shape index (κ3) is 4.13. The number of hydrogen-bond acceptors (Lipinski definition) is 7. The molecule has 1 aromatic heterocycles. The van der Waals surface area contributed by atoms with Crippen LogP contribution in [0.2, 0.25) is 0 Å². The van der Waals surface area contributed by atoms with E-state index < -0.39 is 0 Å². The van der Waals surface area contributed by atoms with Crippen LogP contribution in [0.4, 0.5) is 17.8 Å². The summed E-state index contributed by atoms with van der Waals surface area (Å²) in [6.07, 6.45) is 5.84. The van der Waals surface area contributed by atoms with E-state index >= 15 is 0 Å². The predicted octanol–water partition coefficient (Wildman–Crippen LogP) is 2.07. The smallest absolute Gasteiger partial charge is 0.231 e. The lowest BCUT2D eigenvalue weighted by Gasteiger charge is -2.27. The quantitative estimate of drug-likeness (QED) is 0.833. The molecule has 1 atom stereocenters. The van der Waals surface area contributed by atoms with Crippen LogP contribution in [-0.4, -0.2) is 53.1 Å². The van der Waals surface area contributed by atoms with Crippen LogP contribution in [0.25, 0.3) is 0 Å². The summed E-state index contributed by atoms with van der Waals surface area (Å²) in [5.41, 5.74) is 0. The van der Waals surface area contributed by atoms with E-state index in [0.717, 1.165) is 25.6 Å². The zero-order valence-corrected chi connectivity index (χ0v) is 13.3. The van der Waals surface area contributed by atoms with Crippen LogP contribution in [0.1, 0.15) is 26.2 Å². The van der Waals surface area contributed by atoms with Crippen LogP contribution in [0.3, 0.4) is 0 Å². The van der Waals surface area contributed by atoms with Crippen molar-refractivity contribution in [1.82, 2.24) is 15.0 Å². The van der Waals surface area contributed by atoms with Crippen molar-refractivity contribution in [1.29, 1.82) is 0 Å². The molecule has 20 heavy (non-hydrogen) atoms. The van der Waals surface area contributed by atoms with Gasteiger partial charge in [0.15, 0.2) is 0 Å². The highest BCUT2D eigenvalue weighted by atomic mass is 32.2. The minimum absolute atomic E-state index is 0.531. The number of piperidine rings is 1. The van der Waals surface area contributed by atoms with Crippen LogP contribution in [0.5, 0.6) is 0 Å². The van der Waals surface area contributed by atoms with E-state index in [0.29, 0.717) is 17.1 Å². The van der Waals surface area contributed by atoms with Gasteiger partial charge in [-0.15, -0.1) is 0 Å². The topological polar surface area (TPSA) is 66.0 Å². The fraction of sp³-hybridized carbons (Fsp3) is 0.769. The van der Waals surface area contributed by atoms with E-state index in [1.807, 2.05) is 18.8 Å². The number of nitrogens with one attached hydrogen (secondary N) is 2. The van der Waals surface area contributed by atoms with Gasteiger partial charge in [0.25, 0.3) is 0 Å². The molecule has 0 saturated carbocycles. The van der Waals surface area contributed by atoms with E-state index in [9.17, 15) is 0 Å². The second-order valence-corrected chi connectivity index (χ2v) is 6.28. The summed E-state index contributed by atoms with van der Waals surface area (Å²) in [5.74, 6) is 2.06. The molecule has 1 saturated heterocycles. The molecular weight excluding hydrogens is 272 g/mol. The fourth-order valence-electron chi connectivity index (χ4n) is 2.11. The molecule has 2 N–H and O–H groups in total. The van der Waals surface area contributed by atoms with Crippen molar-refractivity contribution in [3.8, 4) is 0 Å². The van der Waals surface area contributed by atoms with Gasteiger partial charge in [0.1, 0.15) is 0 Å². The van der Waals surface area contributed by atoms with Crippen molar-refractivity contribution in [3.05, 3.63) is 0 Å². The molecule has 1 aliphatic rings. The Kier molecular flexibility index (Phi) is 5.70. The maximum absolute atomic E-state index is 4.55. The van der Waals surface area contributed by atoms with Gasteiger partial charge < -0.3 is 15.5 Å². The van der Waals surface area contributed by atoms with Crippen LogP contribution >= 0.6 is 11.8 Å². The zero-order chi connectivity index (χ0) is 14.4. The van der Waals surface area contributed by atoms with Crippen molar-refractivity contribution >= 4 is 29.6 Å². The second-order valence-electron chi connectivity index (χ2n) is 5.01. The van der Waals surface area contributed by atoms with Crippen molar-refractivity contribution in [2.24, 2.45) is 0 Å². The van der Waals surface area contributed by atoms with Crippen LogP contribution in [-0.2, 0) is 0 Å². The summed E-state index contributed by atoms with van der Waals surface area (Å²) in [4.78, 5) is 15.6. The molecule has 2 heterocycles. The van der Waals surface area contributed by atoms with Gasteiger partial charge in [0.2, 0.25) is 17.8 Å². The Morgan fingerprint density at radius 3 is 2.50 bits per heavy atom. The lowest BCUT2D eigenvalue weighted by atomic mass is 10.1. The Labute approximate surface area is 125 Å². The van der Waals surface area contributed by atoms with E-state index in [1.54, 1.807) is 0 Å². The van der Waals surface area contributed by atoms with E-state index in [4.69, 9.17) is 0 Å². The highest BCUT2D eigenvalue weighted by Gasteiger charge is 2.16. The summed E-state index contributed by atoms with van der Waals surface area (Å²) in [6, 6.07) is 0. The molecule has 6 nitrogen and oxygen atoms in total. The summed E-state index contributed by atoms with van der Waals surface area (Å²) >= 11 is 1.83. The van der Waals surface area contributed by atoms with Gasteiger partial charge in [-0.2, -0.15) is 26.7 Å². The van der Waals surface area contributed by atoms with Gasteiger partial charge in [0.05, 0.1) is 0 Å². The molecule has 0 aliphatic carbocycles. The lowest BCUT2D eigenvalue weighted by Crippen LogP contribution is -2.31. The number of nitrogens with zero attached hydrogens (tertiary/aromatic N) is 4. The van der Waals surface area contributed by atoms with E-state index in [-0.39, 0.29) is 0 Å². The van der Waals surface area contributed by atoms with Gasteiger partial charge >= 0.3 is 0 Å². The molecule has 0 bridgehead atoms. The number of aromatic nitrogens is 3. The Balaban J connectivity index is 2.10. The highest BCUT2D eigenvalue weighted by Crippen LogP contribution is 2.18. The summed E-state index contributed by atoms with van der Waals surface area (Å²) < 4.78 is 0. The Bertz CT molecular complexity index is 421. The average molecular weight is 296 g/mol. The molecular formula is C13H24N6S. The number of anilines is 3. The first-order valence-electron chi connectivity index (χ1n) is 7.18. The van der Waals surface area contributed by atoms with E-state index in [2.05, 4.69) is 43.7 Å². The largest absolute Gasteiger partial charge is 0.357 e. The van der Waals surface area contributed by atoms with Crippen molar-refractivity contribution in [3.63, 3.8) is 0 Å². The molecule has 1 aliphatic heterocycles. The Hall–Kier alpha value is -1.24. The summed E-state index contributed by atoms with van der Waals surface area (Å²) in [5, 5.41) is 6.84. The summed E-state index contributed by atoms with van der Waals surface area (Å²) in [7, 11) is 1.84. The monoisotopic (exact) mass is 296 g/mol. The first kappa shape index (κ1) is 15.2. The van der Waals surface area contributed by atoms with E-state index in [1.165, 1.54) is 19.3 Å². The average Bonchev–Trinajstić information content (AvgIpc) is 2.53. The molecule has 0 aromatic carbocycles. The minimum atomic E-state index is 0.531. The van der Waals surface area contributed by atoms with Gasteiger partial charge in [-0.05, 0) is 25.5 Å². The summed E-state index contributed by atoms with van der Waals surface area (Å²) in [6.45, 7) is 5.11. The minimum Gasteiger partial charge on any atom is -0.357 e.